The predicted molar refractivity (Wildman–Crippen MR) is 91.8 cm³/mol. The van der Waals surface area contributed by atoms with Gasteiger partial charge in [-0.1, -0.05) is 37.3 Å². The van der Waals surface area contributed by atoms with E-state index >= 15 is 0 Å². The molecule has 1 N–H and O–H groups in total. The molecule has 1 aromatic carbocycles. The Kier molecular flexibility index (Phi) is 6.72. The van der Waals surface area contributed by atoms with E-state index in [1.54, 1.807) is 0 Å². The summed E-state index contributed by atoms with van der Waals surface area (Å²) < 4.78 is 0. The SMILES string of the molecule is CC(CCN(CC1CCNCC1)C(C)C)c1ccccc1. The van der Waals surface area contributed by atoms with Crippen LogP contribution in [0.5, 0.6) is 0 Å². The predicted octanol–water partition coefficient (Wildman–Crippen LogP) is 3.89. The first-order valence-corrected chi connectivity index (χ1v) is 8.66. The molecule has 21 heavy (non-hydrogen) atoms. The minimum absolute atomic E-state index is 0.653. The van der Waals surface area contributed by atoms with Crippen LogP contribution in [0.15, 0.2) is 30.3 Å². The zero-order chi connectivity index (χ0) is 15.1. The van der Waals surface area contributed by atoms with Crippen molar-refractivity contribution in [2.75, 3.05) is 26.2 Å². The molecule has 2 heteroatoms. The van der Waals surface area contributed by atoms with E-state index in [0.717, 1.165) is 5.92 Å². The van der Waals surface area contributed by atoms with Crippen LogP contribution in [0.4, 0.5) is 0 Å². The van der Waals surface area contributed by atoms with Crippen LogP contribution >= 0.6 is 0 Å². The highest BCUT2D eigenvalue weighted by atomic mass is 15.1. The fourth-order valence-electron chi connectivity index (χ4n) is 3.26. The van der Waals surface area contributed by atoms with E-state index < -0.39 is 0 Å². The topological polar surface area (TPSA) is 15.3 Å². The van der Waals surface area contributed by atoms with Crippen LogP contribution in [0.2, 0.25) is 0 Å². The standard InChI is InChI=1S/C19H32N2/c1-16(2)21(15-18-9-12-20-13-10-18)14-11-17(3)19-7-5-4-6-8-19/h4-8,16-18,20H,9-15H2,1-3H3. The van der Waals surface area contributed by atoms with Crippen molar-refractivity contribution >= 4 is 0 Å². The molecule has 1 heterocycles. The largest absolute Gasteiger partial charge is 0.317 e. The Balaban J connectivity index is 1.82. The molecule has 1 atom stereocenters. The Morgan fingerprint density at radius 2 is 1.76 bits per heavy atom. The van der Waals surface area contributed by atoms with Crippen LogP contribution in [-0.2, 0) is 0 Å². The summed E-state index contributed by atoms with van der Waals surface area (Å²) in [5, 5.41) is 3.47. The zero-order valence-corrected chi connectivity index (χ0v) is 14.0. The molecular weight excluding hydrogens is 256 g/mol. The van der Waals surface area contributed by atoms with Gasteiger partial charge in [-0.3, -0.25) is 0 Å². The summed E-state index contributed by atoms with van der Waals surface area (Å²) in [4.78, 5) is 2.69. The molecule has 1 aliphatic heterocycles. The first-order valence-electron chi connectivity index (χ1n) is 8.66. The average Bonchev–Trinajstić information content (AvgIpc) is 2.52. The van der Waals surface area contributed by atoms with E-state index in [4.69, 9.17) is 0 Å². The van der Waals surface area contributed by atoms with E-state index in [-0.39, 0.29) is 0 Å². The summed E-state index contributed by atoms with van der Waals surface area (Å²) in [6.45, 7) is 12.0. The number of hydrogen-bond acceptors (Lipinski definition) is 2. The Bertz CT molecular complexity index is 382. The van der Waals surface area contributed by atoms with Gasteiger partial charge in [-0.05, 0) is 70.1 Å². The Morgan fingerprint density at radius 1 is 1.10 bits per heavy atom. The van der Waals surface area contributed by atoms with Gasteiger partial charge in [0, 0.05) is 12.6 Å². The van der Waals surface area contributed by atoms with E-state index in [0.29, 0.717) is 12.0 Å². The highest BCUT2D eigenvalue weighted by molar-refractivity contribution is 5.18. The van der Waals surface area contributed by atoms with Gasteiger partial charge in [-0.15, -0.1) is 0 Å². The van der Waals surface area contributed by atoms with Gasteiger partial charge in [0.1, 0.15) is 0 Å². The fourth-order valence-corrected chi connectivity index (χ4v) is 3.26. The minimum atomic E-state index is 0.653. The van der Waals surface area contributed by atoms with E-state index in [1.165, 1.54) is 51.0 Å². The summed E-state index contributed by atoms with van der Waals surface area (Å²) in [6.07, 6.45) is 3.95. The molecule has 0 aliphatic carbocycles. The molecule has 1 unspecified atom stereocenters. The maximum atomic E-state index is 3.47. The highest BCUT2D eigenvalue weighted by Crippen LogP contribution is 2.21. The van der Waals surface area contributed by atoms with Crippen molar-refractivity contribution in [3.63, 3.8) is 0 Å². The first-order chi connectivity index (χ1) is 10.2. The second-order valence-electron chi connectivity index (χ2n) is 6.88. The van der Waals surface area contributed by atoms with Crippen molar-refractivity contribution in [2.24, 2.45) is 5.92 Å². The summed E-state index contributed by atoms with van der Waals surface area (Å²) in [6, 6.07) is 11.6. The van der Waals surface area contributed by atoms with Crippen LogP contribution in [0, 0.1) is 5.92 Å². The van der Waals surface area contributed by atoms with E-state index in [9.17, 15) is 0 Å². The van der Waals surface area contributed by atoms with Crippen molar-refractivity contribution in [2.45, 2.75) is 52.0 Å². The molecule has 0 saturated carbocycles. The second kappa shape index (κ2) is 8.55. The quantitative estimate of drug-likeness (QED) is 0.819. The van der Waals surface area contributed by atoms with E-state index in [1.807, 2.05) is 0 Å². The van der Waals surface area contributed by atoms with Crippen molar-refractivity contribution in [3.8, 4) is 0 Å². The number of hydrogen-bond donors (Lipinski definition) is 1. The van der Waals surface area contributed by atoms with Crippen LogP contribution in [0.3, 0.4) is 0 Å². The van der Waals surface area contributed by atoms with Crippen molar-refractivity contribution in [3.05, 3.63) is 35.9 Å². The van der Waals surface area contributed by atoms with Crippen molar-refractivity contribution < 1.29 is 0 Å². The Labute approximate surface area is 130 Å². The van der Waals surface area contributed by atoms with Crippen LogP contribution in [-0.4, -0.2) is 37.1 Å². The van der Waals surface area contributed by atoms with Crippen LogP contribution in [0.25, 0.3) is 0 Å². The molecular formula is C19H32N2. The molecule has 0 aromatic heterocycles. The number of piperidine rings is 1. The lowest BCUT2D eigenvalue weighted by atomic mass is 9.95. The third-order valence-electron chi connectivity index (χ3n) is 4.90. The van der Waals surface area contributed by atoms with Crippen LogP contribution in [0.1, 0.15) is 51.5 Å². The summed E-state index contributed by atoms with van der Waals surface area (Å²) in [5.41, 5.74) is 1.48. The summed E-state index contributed by atoms with van der Waals surface area (Å²) in [5.74, 6) is 1.54. The number of benzene rings is 1. The molecule has 0 spiro atoms. The minimum Gasteiger partial charge on any atom is -0.317 e. The smallest absolute Gasteiger partial charge is 0.00387 e. The molecule has 2 nitrogen and oxygen atoms in total. The number of nitrogens with zero attached hydrogens (tertiary/aromatic N) is 1. The van der Waals surface area contributed by atoms with Gasteiger partial charge in [-0.2, -0.15) is 0 Å². The molecule has 0 radical (unpaired) electrons. The molecule has 118 valence electrons. The Hall–Kier alpha value is -0.860. The fraction of sp³-hybridized carbons (Fsp3) is 0.684. The van der Waals surface area contributed by atoms with Crippen molar-refractivity contribution in [1.29, 1.82) is 0 Å². The summed E-state index contributed by atoms with van der Waals surface area (Å²) in [7, 11) is 0. The monoisotopic (exact) mass is 288 g/mol. The molecule has 0 bridgehead atoms. The maximum Gasteiger partial charge on any atom is 0.00387 e. The van der Waals surface area contributed by atoms with Crippen molar-refractivity contribution in [1.82, 2.24) is 10.2 Å². The molecule has 2 rings (SSSR count). The second-order valence-corrected chi connectivity index (χ2v) is 6.88. The average molecular weight is 288 g/mol. The van der Waals surface area contributed by atoms with Gasteiger partial charge < -0.3 is 10.2 Å². The third-order valence-corrected chi connectivity index (χ3v) is 4.90. The third kappa shape index (κ3) is 5.44. The molecule has 1 fully saturated rings. The van der Waals surface area contributed by atoms with E-state index in [2.05, 4.69) is 61.3 Å². The van der Waals surface area contributed by atoms with Gasteiger partial charge in [0.15, 0.2) is 0 Å². The Morgan fingerprint density at radius 3 is 2.38 bits per heavy atom. The van der Waals surface area contributed by atoms with Gasteiger partial charge >= 0.3 is 0 Å². The lowest BCUT2D eigenvalue weighted by Gasteiger charge is -2.33. The maximum absolute atomic E-state index is 3.47. The van der Waals surface area contributed by atoms with Crippen LogP contribution < -0.4 is 5.32 Å². The lowest BCUT2D eigenvalue weighted by molar-refractivity contribution is 0.165. The first kappa shape index (κ1) is 16.5. The normalized spacial score (nSPS) is 18.3. The molecule has 1 aliphatic rings. The summed E-state index contributed by atoms with van der Waals surface area (Å²) >= 11 is 0. The number of nitrogens with one attached hydrogen (secondary N) is 1. The zero-order valence-electron chi connectivity index (χ0n) is 14.0. The van der Waals surface area contributed by atoms with Gasteiger partial charge in [-0.25, -0.2) is 0 Å². The highest BCUT2D eigenvalue weighted by Gasteiger charge is 2.19. The van der Waals surface area contributed by atoms with Gasteiger partial charge in [0.25, 0.3) is 0 Å². The lowest BCUT2D eigenvalue weighted by Crippen LogP contribution is -2.40. The molecule has 0 amide bonds. The van der Waals surface area contributed by atoms with Gasteiger partial charge in [0.05, 0.1) is 0 Å². The molecule has 1 saturated heterocycles. The molecule has 1 aromatic rings. The number of rotatable bonds is 7. The van der Waals surface area contributed by atoms with Gasteiger partial charge in [0.2, 0.25) is 0 Å².